The third kappa shape index (κ3) is 3.11. The van der Waals surface area contributed by atoms with Crippen molar-refractivity contribution >= 4 is 5.96 Å². The Kier molecular flexibility index (Phi) is 3.87. The summed E-state index contributed by atoms with van der Waals surface area (Å²) in [6.45, 7) is 5.55. The second-order valence-electron chi connectivity index (χ2n) is 4.91. The monoisotopic (exact) mass is 209 g/mol. The number of guanidine groups is 1. The fourth-order valence-corrected chi connectivity index (χ4v) is 2.58. The molecule has 1 saturated carbocycles. The first-order valence-electron chi connectivity index (χ1n) is 6.38. The van der Waals surface area contributed by atoms with Gasteiger partial charge in [0.1, 0.15) is 0 Å². The van der Waals surface area contributed by atoms with Gasteiger partial charge in [-0.15, -0.1) is 0 Å². The van der Waals surface area contributed by atoms with Gasteiger partial charge in [-0.25, -0.2) is 0 Å². The summed E-state index contributed by atoms with van der Waals surface area (Å²) in [7, 11) is 0. The van der Waals surface area contributed by atoms with E-state index in [1.165, 1.54) is 32.1 Å². The van der Waals surface area contributed by atoms with Crippen LogP contribution in [0.15, 0.2) is 4.99 Å². The molecule has 0 radical (unpaired) electrons. The first-order valence-corrected chi connectivity index (χ1v) is 6.38. The summed E-state index contributed by atoms with van der Waals surface area (Å²) in [4.78, 5) is 4.43. The van der Waals surface area contributed by atoms with Gasteiger partial charge in [-0.2, -0.15) is 0 Å². The molecule has 86 valence electrons. The molecule has 1 fully saturated rings. The molecular weight excluding hydrogens is 186 g/mol. The van der Waals surface area contributed by atoms with E-state index in [0.29, 0.717) is 0 Å². The molecule has 2 atom stereocenters. The Morgan fingerprint density at radius 2 is 2.20 bits per heavy atom. The molecule has 3 heteroatoms. The van der Waals surface area contributed by atoms with Crippen molar-refractivity contribution in [1.29, 1.82) is 0 Å². The molecule has 15 heavy (non-hydrogen) atoms. The van der Waals surface area contributed by atoms with Crippen LogP contribution in [0, 0.1) is 11.8 Å². The number of nitrogens with zero attached hydrogens (tertiary/aromatic N) is 1. The molecule has 0 spiro atoms. The quantitative estimate of drug-likeness (QED) is 0.727. The highest BCUT2D eigenvalue weighted by Crippen LogP contribution is 2.28. The van der Waals surface area contributed by atoms with Crippen LogP contribution >= 0.6 is 0 Å². The Hall–Kier alpha value is -0.730. The first-order chi connectivity index (χ1) is 7.36. The Morgan fingerprint density at radius 1 is 1.33 bits per heavy atom. The lowest BCUT2D eigenvalue weighted by Crippen LogP contribution is -2.43. The third-order valence-electron chi connectivity index (χ3n) is 3.72. The molecule has 1 aliphatic heterocycles. The van der Waals surface area contributed by atoms with Crippen LogP contribution in [0.1, 0.15) is 39.0 Å². The molecule has 1 aliphatic carbocycles. The maximum Gasteiger partial charge on any atom is 0.191 e. The minimum Gasteiger partial charge on any atom is -0.356 e. The summed E-state index contributed by atoms with van der Waals surface area (Å²) < 4.78 is 0. The molecule has 0 bridgehead atoms. The van der Waals surface area contributed by atoms with Gasteiger partial charge >= 0.3 is 0 Å². The average molecular weight is 209 g/mol. The molecule has 3 nitrogen and oxygen atoms in total. The van der Waals surface area contributed by atoms with Crippen molar-refractivity contribution in [3.8, 4) is 0 Å². The van der Waals surface area contributed by atoms with Gasteiger partial charge in [0.15, 0.2) is 5.96 Å². The summed E-state index contributed by atoms with van der Waals surface area (Å²) in [5.41, 5.74) is 0. The van der Waals surface area contributed by atoms with Crippen LogP contribution in [-0.4, -0.2) is 25.6 Å². The van der Waals surface area contributed by atoms with E-state index >= 15 is 0 Å². The maximum atomic E-state index is 4.43. The van der Waals surface area contributed by atoms with Crippen molar-refractivity contribution in [2.45, 2.75) is 39.0 Å². The van der Waals surface area contributed by atoms with E-state index in [-0.39, 0.29) is 0 Å². The molecule has 2 aliphatic rings. The predicted molar refractivity (Wildman–Crippen MR) is 64.0 cm³/mol. The molecule has 0 aromatic carbocycles. The molecule has 0 saturated heterocycles. The van der Waals surface area contributed by atoms with Crippen molar-refractivity contribution < 1.29 is 0 Å². The number of hydrogen-bond acceptors (Lipinski definition) is 3. The number of hydrogen-bond donors (Lipinski definition) is 2. The summed E-state index contributed by atoms with van der Waals surface area (Å²) in [5.74, 6) is 2.76. The van der Waals surface area contributed by atoms with Gasteiger partial charge < -0.3 is 10.6 Å². The topological polar surface area (TPSA) is 36.4 Å². The Balaban J connectivity index is 1.74. The Bertz CT molecular complexity index is 225. The van der Waals surface area contributed by atoms with E-state index in [2.05, 4.69) is 22.5 Å². The smallest absolute Gasteiger partial charge is 0.191 e. The fraction of sp³-hybridized carbons (Fsp3) is 0.917. The lowest BCUT2D eigenvalue weighted by atomic mass is 9.80. The average Bonchev–Trinajstić information content (AvgIpc) is 2.29. The van der Waals surface area contributed by atoms with Gasteiger partial charge in [-0.1, -0.05) is 26.2 Å². The zero-order valence-electron chi connectivity index (χ0n) is 9.76. The van der Waals surface area contributed by atoms with E-state index in [0.717, 1.165) is 37.4 Å². The minimum absolute atomic E-state index is 0.852. The molecule has 0 aromatic heterocycles. The SMILES string of the molecule is CC1CCCCC1CNC1=NCCCN1. The van der Waals surface area contributed by atoms with Gasteiger partial charge in [-0.05, 0) is 24.7 Å². The fourth-order valence-electron chi connectivity index (χ4n) is 2.58. The van der Waals surface area contributed by atoms with Gasteiger partial charge in [0.2, 0.25) is 0 Å². The minimum atomic E-state index is 0.852. The molecular formula is C12H23N3. The zero-order chi connectivity index (χ0) is 10.5. The van der Waals surface area contributed by atoms with E-state index in [9.17, 15) is 0 Å². The van der Waals surface area contributed by atoms with Crippen molar-refractivity contribution in [3.63, 3.8) is 0 Å². The summed E-state index contributed by atoms with van der Waals surface area (Å²) in [5, 5.41) is 6.77. The third-order valence-corrected chi connectivity index (χ3v) is 3.72. The van der Waals surface area contributed by atoms with Crippen LogP contribution in [0.4, 0.5) is 0 Å². The second kappa shape index (κ2) is 5.38. The molecule has 2 rings (SSSR count). The van der Waals surface area contributed by atoms with Crippen LogP contribution in [0.3, 0.4) is 0 Å². The lowest BCUT2D eigenvalue weighted by molar-refractivity contribution is 0.256. The van der Waals surface area contributed by atoms with Crippen molar-refractivity contribution in [2.75, 3.05) is 19.6 Å². The normalized spacial score (nSPS) is 31.7. The second-order valence-corrected chi connectivity index (χ2v) is 4.91. The molecule has 1 heterocycles. The standard InChI is InChI=1S/C12H23N3/c1-10-5-2-3-6-11(10)9-15-12-13-7-4-8-14-12/h10-11H,2-9H2,1H3,(H2,13,14,15). The van der Waals surface area contributed by atoms with E-state index in [1.54, 1.807) is 0 Å². The summed E-state index contributed by atoms with van der Waals surface area (Å²) in [6.07, 6.45) is 6.81. The van der Waals surface area contributed by atoms with Crippen molar-refractivity contribution in [3.05, 3.63) is 0 Å². The predicted octanol–water partition coefficient (Wildman–Crippen LogP) is 1.75. The van der Waals surface area contributed by atoms with E-state index in [1.807, 2.05) is 0 Å². The molecule has 2 N–H and O–H groups in total. The van der Waals surface area contributed by atoms with E-state index in [4.69, 9.17) is 0 Å². The largest absolute Gasteiger partial charge is 0.356 e. The summed E-state index contributed by atoms with van der Waals surface area (Å²) >= 11 is 0. The number of nitrogens with one attached hydrogen (secondary N) is 2. The lowest BCUT2D eigenvalue weighted by Gasteiger charge is -2.29. The Labute approximate surface area is 92.7 Å². The van der Waals surface area contributed by atoms with E-state index < -0.39 is 0 Å². The summed E-state index contributed by atoms with van der Waals surface area (Å²) in [6, 6.07) is 0. The molecule has 0 amide bonds. The van der Waals surface area contributed by atoms with Gasteiger partial charge in [0.05, 0.1) is 0 Å². The number of aliphatic imine (C=N–C) groups is 1. The molecule has 0 aromatic rings. The van der Waals surface area contributed by atoms with Gasteiger partial charge in [0.25, 0.3) is 0 Å². The van der Waals surface area contributed by atoms with Crippen molar-refractivity contribution in [1.82, 2.24) is 10.6 Å². The van der Waals surface area contributed by atoms with Crippen molar-refractivity contribution in [2.24, 2.45) is 16.8 Å². The zero-order valence-corrected chi connectivity index (χ0v) is 9.76. The highest BCUT2D eigenvalue weighted by molar-refractivity contribution is 5.80. The van der Waals surface area contributed by atoms with Crippen LogP contribution < -0.4 is 10.6 Å². The van der Waals surface area contributed by atoms with Crippen LogP contribution in [0.2, 0.25) is 0 Å². The van der Waals surface area contributed by atoms with Gasteiger partial charge in [-0.3, -0.25) is 4.99 Å². The maximum absolute atomic E-state index is 4.43. The highest BCUT2D eigenvalue weighted by atomic mass is 15.2. The van der Waals surface area contributed by atoms with Crippen LogP contribution in [0.5, 0.6) is 0 Å². The van der Waals surface area contributed by atoms with Crippen LogP contribution in [0.25, 0.3) is 0 Å². The highest BCUT2D eigenvalue weighted by Gasteiger charge is 2.21. The van der Waals surface area contributed by atoms with Gasteiger partial charge in [0, 0.05) is 19.6 Å². The Morgan fingerprint density at radius 3 is 2.93 bits per heavy atom. The number of rotatable bonds is 2. The van der Waals surface area contributed by atoms with Crippen LogP contribution in [-0.2, 0) is 0 Å². The first kappa shape index (κ1) is 10.8. The molecule has 2 unspecified atom stereocenters.